The molecule has 3 nitrogen and oxygen atoms in total. The van der Waals surface area contributed by atoms with Crippen molar-refractivity contribution < 1.29 is 4.79 Å². The van der Waals surface area contributed by atoms with Crippen molar-refractivity contribution >= 4 is 5.91 Å². The first-order chi connectivity index (χ1) is 7.59. The Kier molecular flexibility index (Phi) is 3.53. The summed E-state index contributed by atoms with van der Waals surface area (Å²) in [6.07, 6.45) is 6.48. The topological polar surface area (TPSA) is 32.3 Å². The van der Waals surface area contributed by atoms with Crippen molar-refractivity contribution in [2.24, 2.45) is 5.92 Å². The summed E-state index contributed by atoms with van der Waals surface area (Å²) in [6, 6.07) is 0.487. The van der Waals surface area contributed by atoms with Gasteiger partial charge in [0.05, 0.1) is 12.2 Å². The van der Waals surface area contributed by atoms with Crippen LogP contribution >= 0.6 is 0 Å². The molecule has 0 aromatic heterocycles. The fourth-order valence-corrected chi connectivity index (χ4v) is 3.17. The summed E-state index contributed by atoms with van der Waals surface area (Å²) in [7, 11) is 0. The number of hydrogen-bond donors (Lipinski definition) is 1. The Morgan fingerprint density at radius 3 is 2.50 bits per heavy atom. The van der Waals surface area contributed by atoms with Gasteiger partial charge in [0, 0.05) is 6.04 Å². The molecule has 1 saturated carbocycles. The van der Waals surface area contributed by atoms with Gasteiger partial charge in [-0.3, -0.25) is 10.1 Å². The summed E-state index contributed by atoms with van der Waals surface area (Å²) in [5.41, 5.74) is 0. The lowest BCUT2D eigenvalue weighted by Crippen LogP contribution is -2.42. The maximum atomic E-state index is 12.1. The van der Waals surface area contributed by atoms with E-state index in [-0.39, 0.29) is 12.2 Å². The first-order valence-corrected chi connectivity index (χ1v) is 6.68. The van der Waals surface area contributed by atoms with Crippen molar-refractivity contribution in [3.8, 4) is 0 Å². The molecule has 4 atom stereocenters. The number of amides is 1. The molecule has 4 unspecified atom stereocenters. The van der Waals surface area contributed by atoms with Gasteiger partial charge in [-0.05, 0) is 39.0 Å². The van der Waals surface area contributed by atoms with Crippen molar-refractivity contribution in [3.63, 3.8) is 0 Å². The van der Waals surface area contributed by atoms with E-state index >= 15 is 0 Å². The predicted octanol–water partition coefficient (Wildman–Crippen LogP) is 2.12. The molecular formula is C13H24N2O. The third kappa shape index (κ3) is 2.24. The van der Waals surface area contributed by atoms with Crippen molar-refractivity contribution in [3.05, 3.63) is 0 Å². The van der Waals surface area contributed by atoms with Crippen LogP contribution in [0.2, 0.25) is 0 Å². The summed E-state index contributed by atoms with van der Waals surface area (Å²) >= 11 is 0. The number of nitrogens with zero attached hydrogens (tertiary/aromatic N) is 1. The highest BCUT2D eigenvalue weighted by molar-refractivity contribution is 5.84. The molecule has 1 saturated heterocycles. The quantitative estimate of drug-likeness (QED) is 0.692. The van der Waals surface area contributed by atoms with Gasteiger partial charge in [-0.1, -0.05) is 19.8 Å². The maximum absolute atomic E-state index is 12.1. The number of rotatable bonds is 1. The molecule has 1 aliphatic carbocycles. The zero-order chi connectivity index (χ0) is 11.7. The molecule has 1 N–H and O–H groups in total. The van der Waals surface area contributed by atoms with Gasteiger partial charge in [0.25, 0.3) is 0 Å². The van der Waals surface area contributed by atoms with Crippen LogP contribution in [0.3, 0.4) is 0 Å². The number of carbonyl (C=O) groups is 1. The third-order valence-electron chi connectivity index (χ3n) is 4.15. The minimum absolute atomic E-state index is 0.00989. The van der Waals surface area contributed by atoms with E-state index < -0.39 is 0 Å². The number of nitrogens with one attached hydrogen (secondary N) is 1. The van der Waals surface area contributed by atoms with Crippen LogP contribution in [0, 0.1) is 5.92 Å². The minimum atomic E-state index is 0.00989. The molecule has 1 amide bonds. The average Bonchev–Trinajstić information content (AvgIpc) is 2.42. The molecule has 92 valence electrons. The van der Waals surface area contributed by atoms with Crippen molar-refractivity contribution in [1.29, 1.82) is 0 Å². The summed E-state index contributed by atoms with van der Waals surface area (Å²) in [5, 5.41) is 3.32. The van der Waals surface area contributed by atoms with Crippen LogP contribution in [0.4, 0.5) is 0 Å². The normalized spacial score (nSPS) is 41.2. The van der Waals surface area contributed by atoms with Crippen molar-refractivity contribution in [1.82, 2.24) is 10.2 Å². The van der Waals surface area contributed by atoms with Crippen molar-refractivity contribution in [2.75, 3.05) is 0 Å². The van der Waals surface area contributed by atoms with E-state index in [4.69, 9.17) is 0 Å². The molecule has 0 spiro atoms. The van der Waals surface area contributed by atoms with Crippen LogP contribution in [-0.4, -0.2) is 29.1 Å². The Morgan fingerprint density at radius 2 is 1.88 bits per heavy atom. The standard InChI is InChI=1S/C13H24N2O/c1-9-5-4-6-12(8-7-9)15-11(3)14-10(2)13(15)16/h9-12,14H,4-8H2,1-3H3. The Morgan fingerprint density at radius 1 is 1.12 bits per heavy atom. The van der Waals surface area contributed by atoms with Gasteiger partial charge in [0.15, 0.2) is 0 Å². The van der Waals surface area contributed by atoms with E-state index in [2.05, 4.69) is 24.1 Å². The molecule has 16 heavy (non-hydrogen) atoms. The molecule has 3 heteroatoms. The van der Waals surface area contributed by atoms with Crippen LogP contribution in [0.25, 0.3) is 0 Å². The second-order valence-electron chi connectivity index (χ2n) is 5.58. The van der Waals surface area contributed by atoms with Gasteiger partial charge in [-0.15, -0.1) is 0 Å². The molecular weight excluding hydrogens is 200 g/mol. The Labute approximate surface area is 98.6 Å². The Bertz CT molecular complexity index is 267. The predicted molar refractivity (Wildman–Crippen MR) is 64.9 cm³/mol. The van der Waals surface area contributed by atoms with Crippen LogP contribution in [-0.2, 0) is 4.79 Å². The van der Waals surface area contributed by atoms with E-state index in [0.717, 1.165) is 5.92 Å². The highest BCUT2D eigenvalue weighted by Crippen LogP contribution is 2.28. The van der Waals surface area contributed by atoms with Gasteiger partial charge in [-0.2, -0.15) is 0 Å². The molecule has 1 heterocycles. The minimum Gasteiger partial charge on any atom is -0.323 e. The second-order valence-corrected chi connectivity index (χ2v) is 5.58. The monoisotopic (exact) mass is 224 g/mol. The lowest BCUT2D eigenvalue weighted by Gasteiger charge is -2.30. The maximum Gasteiger partial charge on any atom is 0.240 e. The first-order valence-electron chi connectivity index (χ1n) is 6.68. The van der Waals surface area contributed by atoms with Crippen LogP contribution in [0.15, 0.2) is 0 Å². The zero-order valence-corrected chi connectivity index (χ0v) is 10.7. The van der Waals surface area contributed by atoms with Crippen LogP contribution < -0.4 is 5.32 Å². The fraction of sp³-hybridized carbons (Fsp3) is 0.923. The molecule has 2 aliphatic rings. The molecule has 0 bridgehead atoms. The van der Waals surface area contributed by atoms with E-state index in [1.807, 2.05) is 6.92 Å². The molecule has 0 aromatic carbocycles. The summed E-state index contributed by atoms with van der Waals surface area (Å²) in [4.78, 5) is 14.2. The first kappa shape index (κ1) is 11.9. The third-order valence-corrected chi connectivity index (χ3v) is 4.15. The highest BCUT2D eigenvalue weighted by atomic mass is 16.2. The summed E-state index contributed by atoms with van der Waals surface area (Å²) in [5.74, 6) is 1.13. The smallest absolute Gasteiger partial charge is 0.240 e. The number of carbonyl (C=O) groups excluding carboxylic acids is 1. The molecule has 0 radical (unpaired) electrons. The molecule has 2 fully saturated rings. The Hall–Kier alpha value is -0.570. The van der Waals surface area contributed by atoms with E-state index in [0.29, 0.717) is 11.9 Å². The number of hydrogen-bond acceptors (Lipinski definition) is 2. The van der Waals surface area contributed by atoms with E-state index in [1.165, 1.54) is 32.1 Å². The van der Waals surface area contributed by atoms with Crippen LogP contribution in [0.1, 0.15) is 52.9 Å². The lowest BCUT2D eigenvalue weighted by molar-refractivity contribution is -0.132. The zero-order valence-electron chi connectivity index (χ0n) is 10.7. The summed E-state index contributed by atoms with van der Waals surface area (Å²) in [6.45, 7) is 6.41. The average molecular weight is 224 g/mol. The SMILES string of the molecule is CC1CCCC(N2C(=O)C(C)NC2C)CC1. The Balaban J connectivity index is 2.03. The van der Waals surface area contributed by atoms with Gasteiger partial charge in [0.2, 0.25) is 5.91 Å². The highest BCUT2D eigenvalue weighted by Gasteiger charge is 2.38. The molecule has 1 aliphatic heterocycles. The van der Waals surface area contributed by atoms with E-state index in [9.17, 15) is 4.79 Å². The second kappa shape index (κ2) is 4.74. The van der Waals surface area contributed by atoms with Gasteiger partial charge in [0.1, 0.15) is 0 Å². The van der Waals surface area contributed by atoms with Crippen LogP contribution in [0.5, 0.6) is 0 Å². The summed E-state index contributed by atoms with van der Waals surface area (Å²) < 4.78 is 0. The van der Waals surface area contributed by atoms with Gasteiger partial charge < -0.3 is 4.90 Å². The molecule has 2 rings (SSSR count). The van der Waals surface area contributed by atoms with Gasteiger partial charge in [-0.25, -0.2) is 0 Å². The molecule has 0 aromatic rings. The van der Waals surface area contributed by atoms with Gasteiger partial charge >= 0.3 is 0 Å². The lowest BCUT2D eigenvalue weighted by atomic mass is 10.0. The van der Waals surface area contributed by atoms with E-state index in [1.54, 1.807) is 0 Å². The fourth-order valence-electron chi connectivity index (χ4n) is 3.17. The largest absolute Gasteiger partial charge is 0.323 e. The van der Waals surface area contributed by atoms with Crippen molar-refractivity contribution in [2.45, 2.75) is 71.1 Å².